The number of ether oxygens (including phenoxy) is 1. The third-order valence-corrected chi connectivity index (χ3v) is 2.68. The lowest BCUT2D eigenvalue weighted by molar-refractivity contribution is 0.204. The minimum atomic E-state index is 0.367. The Bertz CT molecular complexity index is 652. The van der Waals surface area contributed by atoms with E-state index in [-0.39, 0.29) is 0 Å². The van der Waals surface area contributed by atoms with E-state index in [0.717, 1.165) is 11.1 Å². The van der Waals surface area contributed by atoms with Crippen LogP contribution in [0.15, 0.2) is 54.6 Å². The Labute approximate surface area is 124 Å². The Kier molecular flexibility index (Phi) is 5.74. The number of rotatable bonds is 2. The van der Waals surface area contributed by atoms with Crippen molar-refractivity contribution in [1.82, 2.24) is 0 Å². The van der Waals surface area contributed by atoms with E-state index in [9.17, 15) is 0 Å². The molecule has 0 atom stereocenters. The van der Waals surface area contributed by atoms with E-state index in [1.807, 2.05) is 54.6 Å². The van der Waals surface area contributed by atoms with Gasteiger partial charge in [-0.05, 0) is 36.4 Å². The summed E-state index contributed by atoms with van der Waals surface area (Å²) < 4.78 is 5.33. The van der Waals surface area contributed by atoms with Gasteiger partial charge in [-0.3, -0.25) is 0 Å². The van der Waals surface area contributed by atoms with Crippen LogP contribution < -0.4 is 0 Å². The van der Waals surface area contributed by atoms with Crippen LogP contribution in [0.5, 0.6) is 0 Å². The summed E-state index contributed by atoms with van der Waals surface area (Å²) in [6, 6.07) is 17.2. The molecule has 1 nitrogen and oxygen atoms in total. The molecule has 0 heterocycles. The molecule has 2 aromatic rings. The third-order valence-electron chi connectivity index (χ3n) is 2.43. The molecule has 0 saturated heterocycles. The van der Waals surface area contributed by atoms with E-state index >= 15 is 0 Å². The zero-order valence-corrected chi connectivity index (χ0v) is 11.7. The molecule has 0 aliphatic rings. The highest BCUT2D eigenvalue weighted by Gasteiger charge is 1.87. The summed E-state index contributed by atoms with van der Waals surface area (Å²) in [5, 5.41) is 0.711. The Morgan fingerprint density at radius 1 is 0.750 bits per heavy atom. The van der Waals surface area contributed by atoms with Crippen LogP contribution in [0, 0.1) is 23.7 Å². The predicted molar refractivity (Wildman–Crippen MR) is 82.5 cm³/mol. The van der Waals surface area contributed by atoms with Crippen LogP contribution in [0.2, 0.25) is 5.02 Å². The lowest BCUT2D eigenvalue weighted by Gasteiger charge is -1.92. The number of hydrogen-bond acceptors (Lipinski definition) is 1. The molecular weight excluding hydrogens is 268 g/mol. The highest BCUT2D eigenvalue weighted by Crippen LogP contribution is 2.08. The van der Waals surface area contributed by atoms with E-state index in [0.29, 0.717) is 18.2 Å². The van der Waals surface area contributed by atoms with Gasteiger partial charge in [0.1, 0.15) is 13.2 Å². The van der Waals surface area contributed by atoms with Crippen molar-refractivity contribution < 1.29 is 4.74 Å². The first-order valence-corrected chi connectivity index (χ1v) is 6.58. The van der Waals surface area contributed by atoms with Gasteiger partial charge in [0.25, 0.3) is 0 Å². The maximum Gasteiger partial charge on any atom is 0.109 e. The average molecular weight is 281 g/mol. The molecule has 0 amide bonds. The molecule has 20 heavy (non-hydrogen) atoms. The van der Waals surface area contributed by atoms with Gasteiger partial charge in [0.05, 0.1) is 0 Å². The predicted octanol–water partition coefficient (Wildman–Crippen LogP) is 3.76. The lowest BCUT2D eigenvalue weighted by atomic mass is 10.2. The summed E-state index contributed by atoms with van der Waals surface area (Å²) in [4.78, 5) is 0. The van der Waals surface area contributed by atoms with Crippen molar-refractivity contribution in [2.24, 2.45) is 0 Å². The molecule has 0 radical (unpaired) electrons. The van der Waals surface area contributed by atoms with Gasteiger partial charge in [-0.25, -0.2) is 0 Å². The summed E-state index contributed by atoms with van der Waals surface area (Å²) in [5.41, 5.74) is 1.91. The van der Waals surface area contributed by atoms with Crippen molar-refractivity contribution in [3.63, 3.8) is 0 Å². The van der Waals surface area contributed by atoms with Crippen LogP contribution >= 0.6 is 11.6 Å². The summed E-state index contributed by atoms with van der Waals surface area (Å²) in [5.74, 6) is 11.9. The highest BCUT2D eigenvalue weighted by atomic mass is 35.5. The largest absolute Gasteiger partial charge is 0.356 e. The standard InChI is InChI=1S/C18H13ClO/c19-18-12-10-17(11-13-18)9-5-15-20-14-4-8-16-6-2-1-3-7-16/h1-3,6-7,10-13H,14-15H2. The van der Waals surface area contributed by atoms with E-state index in [1.165, 1.54) is 0 Å². The molecule has 98 valence electrons. The SMILES string of the molecule is Clc1ccc(C#CCOCC#Cc2ccccc2)cc1. The molecule has 0 spiro atoms. The van der Waals surface area contributed by atoms with Crippen molar-refractivity contribution in [2.45, 2.75) is 0 Å². The van der Waals surface area contributed by atoms with E-state index in [4.69, 9.17) is 16.3 Å². The molecule has 2 heteroatoms. The molecule has 0 saturated carbocycles. The van der Waals surface area contributed by atoms with Gasteiger partial charge in [-0.15, -0.1) is 0 Å². The summed E-state index contributed by atoms with van der Waals surface area (Å²) in [6.07, 6.45) is 0. The number of benzene rings is 2. The summed E-state index contributed by atoms with van der Waals surface area (Å²) in [7, 11) is 0. The Morgan fingerprint density at radius 2 is 1.30 bits per heavy atom. The lowest BCUT2D eigenvalue weighted by Crippen LogP contribution is -1.91. The fourth-order valence-corrected chi connectivity index (χ4v) is 1.61. The van der Waals surface area contributed by atoms with Crippen LogP contribution in [0.3, 0.4) is 0 Å². The average Bonchev–Trinajstić information content (AvgIpc) is 2.49. The monoisotopic (exact) mass is 280 g/mol. The molecule has 2 rings (SSSR count). The minimum absolute atomic E-state index is 0.367. The quantitative estimate of drug-likeness (QED) is 0.601. The van der Waals surface area contributed by atoms with Crippen molar-refractivity contribution >= 4 is 11.6 Å². The molecule has 0 aliphatic heterocycles. The van der Waals surface area contributed by atoms with Gasteiger partial charge >= 0.3 is 0 Å². The first-order valence-electron chi connectivity index (χ1n) is 6.21. The van der Waals surface area contributed by atoms with E-state index in [1.54, 1.807) is 0 Å². The fourth-order valence-electron chi connectivity index (χ4n) is 1.48. The zero-order valence-electron chi connectivity index (χ0n) is 10.9. The van der Waals surface area contributed by atoms with Gasteiger partial charge in [0.2, 0.25) is 0 Å². The highest BCUT2D eigenvalue weighted by molar-refractivity contribution is 6.30. The van der Waals surface area contributed by atoms with Gasteiger partial charge in [-0.2, -0.15) is 0 Å². The topological polar surface area (TPSA) is 9.23 Å². The van der Waals surface area contributed by atoms with Crippen LogP contribution in [0.25, 0.3) is 0 Å². The van der Waals surface area contributed by atoms with Crippen LogP contribution in [-0.4, -0.2) is 13.2 Å². The second kappa shape index (κ2) is 8.08. The minimum Gasteiger partial charge on any atom is -0.356 e. The molecule has 0 unspecified atom stereocenters. The van der Waals surface area contributed by atoms with Gasteiger partial charge in [-0.1, -0.05) is 53.5 Å². The molecule has 2 aromatic carbocycles. The maximum absolute atomic E-state index is 5.79. The van der Waals surface area contributed by atoms with E-state index < -0.39 is 0 Å². The molecule has 0 fully saturated rings. The molecule has 0 aromatic heterocycles. The molecule has 0 aliphatic carbocycles. The smallest absolute Gasteiger partial charge is 0.109 e. The normalized spacial score (nSPS) is 9.05. The maximum atomic E-state index is 5.79. The first-order chi connectivity index (χ1) is 9.84. The molecular formula is C18H13ClO. The van der Waals surface area contributed by atoms with Crippen molar-refractivity contribution in [2.75, 3.05) is 13.2 Å². The zero-order chi connectivity index (χ0) is 14.0. The third kappa shape index (κ3) is 5.21. The second-order valence-corrected chi connectivity index (χ2v) is 4.41. The number of hydrogen-bond donors (Lipinski definition) is 0. The Morgan fingerprint density at radius 3 is 1.90 bits per heavy atom. The second-order valence-electron chi connectivity index (χ2n) is 3.97. The summed E-state index contributed by atoms with van der Waals surface area (Å²) >= 11 is 5.79. The number of halogens is 1. The van der Waals surface area contributed by atoms with Gasteiger partial charge < -0.3 is 4.74 Å². The van der Waals surface area contributed by atoms with E-state index in [2.05, 4.69) is 23.7 Å². The Hall–Kier alpha value is -2.19. The van der Waals surface area contributed by atoms with Crippen molar-refractivity contribution in [1.29, 1.82) is 0 Å². The first kappa shape index (κ1) is 14.2. The van der Waals surface area contributed by atoms with Crippen molar-refractivity contribution in [3.8, 4) is 23.7 Å². The molecule has 0 bridgehead atoms. The fraction of sp³-hybridized carbons (Fsp3) is 0.111. The van der Waals surface area contributed by atoms with Gasteiger partial charge in [0.15, 0.2) is 0 Å². The van der Waals surface area contributed by atoms with Gasteiger partial charge in [0, 0.05) is 16.1 Å². The van der Waals surface area contributed by atoms with Crippen LogP contribution in [0.4, 0.5) is 0 Å². The van der Waals surface area contributed by atoms with Crippen LogP contribution in [0.1, 0.15) is 11.1 Å². The summed E-state index contributed by atoms with van der Waals surface area (Å²) in [6.45, 7) is 0.746. The molecule has 0 N–H and O–H groups in total. The van der Waals surface area contributed by atoms with Crippen molar-refractivity contribution in [3.05, 3.63) is 70.7 Å². The Balaban J connectivity index is 1.72. The van der Waals surface area contributed by atoms with Crippen LogP contribution in [-0.2, 0) is 4.74 Å².